The Morgan fingerprint density at radius 2 is 0.388 bits per heavy atom. The molecule has 0 aliphatic rings. The van der Waals surface area contributed by atoms with Gasteiger partial charge in [0, 0.05) is 65.7 Å². The van der Waals surface area contributed by atoms with E-state index in [2.05, 4.69) is 281 Å². The molecule has 0 spiro atoms. The van der Waals surface area contributed by atoms with E-state index in [4.69, 9.17) is 38.8 Å². The number of hydrogen-bond acceptors (Lipinski definition) is 9. The van der Waals surface area contributed by atoms with Gasteiger partial charge < -0.3 is 25.2 Å². The summed E-state index contributed by atoms with van der Waals surface area (Å²) >= 11 is 0. The maximum atomic E-state index is 7.34. The molecule has 0 aliphatic heterocycles. The molecule has 3 heterocycles. The summed E-state index contributed by atoms with van der Waals surface area (Å²) < 4.78 is 65.5. The second-order valence-corrected chi connectivity index (χ2v) is 42.4. The lowest BCUT2D eigenvalue weighted by atomic mass is 9.81. The van der Waals surface area contributed by atoms with Crippen molar-refractivity contribution in [2.24, 2.45) is 41.4 Å². The molecule has 9 aromatic rings. The minimum Gasteiger partial charge on any atom is -0.399 e. The Morgan fingerprint density at radius 3 is 0.515 bits per heavy atom. The van der Waals surface area contributed by atoms with Crippen molar-refractivity contribution in [3.63, 3.8) is 0 Å². The summed E-state index contributed by atoms with van der Waals surface area (Å²) in [5, 5.41) is 6.46. The Bertz CT molecular complexity index is 3850. The third-order valence-electron chi connectivity index (χ3n) is 19.6. The highest BCUT2D eigenvalue weighted by Gasteiger charge is 2.31. The molecular weight excluding hydrogens is 1330 g/mol. The van der Waals surface area contributed by atoms with Crippen LogP contribution in [0.15, 0.2) is 98.0 Å². The Kier molecular flexibility index (Phi) is 25.8. The zero-order valence-electron chi connectivity index (χ0n) is 69.5. The van der Waals surface area contributed by atoms with Crippen molar-refractivity contribution in [3.05, 3.63) is 140 Å². The molecule has 12 heteroatoms. The van der Waals surface area contributed by atoms with Gasteiger partial charge in [0.2, 0.25) is 0 Å². The molecule has 0 amide bonds. The highest BCUT2D eigenvalue weighted by Crippen LogP contribution is 2.48. The lowest BCUT2D eigenvalue weighted by Gasteiger charge is -2.22. The van der Waals surface area contributed by atoms with E-state index in [1.807, 2.05) is 0 Å². The van der Waals surface area contributed by atoms with E-state index in [0.29, 0.717) is 74.6 Å². The summed E-state index contributed by atoms with van der Waals surface area (Å²) in [7, 11) is -5.85. The van der Waals surface area contributed by atoms with Gasteiger partial charge in [-0.25, -0.2) is 0 Å². The quantitative estimate of drug-likeness (QED) is 0.0585. The van der Waals surface area contributed by atoms with E-state index in [1.165, 1.54) is 33.4 Å². The molecule has 0 atom stereocenters. The van der Waals surface area contributed by atoms with Gasteiger partial charge in [-0.1, -0.05) is 244 Å². The summed E-state index contributed by atoms with van der Waals surface area (Å²) in [5.74, 6) is 2.86. The van der Waals surface area contributed by atoms with Gasteiger partial charge in [-0.3, -0.25) is 13.6 Å². The van der Waals surface area contributed by atoms with Gasteiger partial charge in [0.05, 0.1) is 19.8 Å². The number of hydrogen-bond donors (Lipinski definition) is 0. The minimum atomic E-state index is -1.95. The fourth-order valence-corrected chi connectivity index (χ4v) is 18.0. The number of rotatable bonds is 24. The first-order chi connectivity index (χ1) is 47.7. The molecule has 0 bridgehead atoms. The van der Waals surface area contributed by atoms with Crippen molar-refractivity contribution in [2.75, 3.05) is 19.8 Å². The Hall–Kier alpha value is -5.10. The van der Waals surface area contributed by atoms with Crippen LogP contribution >= 0.6 is 24.7 Å². The van der Waals surface area contributed by atoms with Crippen molar-refractivity contribution in [1.29, 1.82) is 0 Å². The predicted octanol–water partition coefficient (Wildman–Crippen LogP) is 28.9. The van der Waals surface area contributed by atoms with Crippen molar-refractivity contribution in [1.82, 2.24) is 0 Å². The average molecular weight is 1460 g/mol. The number of fused-ring (bicyclic) bond motifs is 9. The van der Waals surface area contributed by atoms with Gasteiger partial charge in [-0.15, -0.1) is 0 Å². The molecule has 0 unspecified atom stereocenters. The Morgan fingerprint density at radius 1 is 0.243 bits per heavy atom. The van der Waals surface area contributed by atoms with Crippen LogP contribution < -0.4 is 13.6 Å². The van der Waals surface area contributed by atoms with Crippen LogP contribution in [0, 0.1) is 41.4 Å². The largest absolute Gasteiger partial charge is 0.399 e. The molecular formula is C91H133O9P3. The maximum absolute atomic E-state index is 7.34. The summed E-state index contributed by atoms with van der Waals surface area (Å²) in [6, 6.07) is 28.5. The summed E-state index contributed by atoms with van der Waals surface area (Å²) in [6.45, 7) is 70.0. The Balaban J connectivity index is 1.21. The monoisotopic (exact) mass is 1460 g/mol. The molecule has 9 nitrogen and oxygen atoms in total. The molecule has 0 aliphatic carbocycles. The molecule has 6 aromatic carbocycles. The zero-order valence-corrected chi connectivity index (χ0v) is 72.2. The molecule has 0 saturated carbocycles. The molecule has 3 aromatic heterocycles. The van der Waals surface area contributed by atoms with Crippen LogP contribution in [-0.2, 0) is 71.0 Å². The topological polar surface area (TPSA) is 107 Å². The summed E-state index contributed by atoms with van der Waals surface area (Å²) in [6.07, 6.45) is 7.70. The van der Waals surface area contributed by atoms with Gasteiger partial charge in [0.1, 0.15) is 33.5 Å². The van der Waals surface area contributed by atoms with Crippen LogP contribution in [0.4, 0.5) is 0 Å². The van der Waals surface area contributed by atoms with Crippen LogP contribution in [0.1, 0.15) is 294 Å². The van der Waals surface area contributed by atoms with Crippen molar-refractivity contribution < 1.29 is 38.8 Å². The van der Waals surface area contributed by atoms with Crippen LogP contribution in [0.2, 0.25) is 0 Å². The van der Waals surface area contributed by atoms with E-state index in [0.717, 1.165) is 138 Å². The molecule has 9 rings (SSSR count). The minimum absolute atomic E-state index is 0.0250. The molecule has 0 saturated heterocycles. The van der Waals surface area contributed by atoms with Gasteiger partial charge in [0.15, 0.2) is 0 Å². The molecule has 0 radical (unpaired) electrons. The van der Waals surface area contributed by atoms with E-state index in [1.54, 1.807) is 0 Å². The van der Waals surface area contributed by atoms with Crippen molar-refractivity contribution >= 4 is 90.5 Å². The van der Waals surface area contributed by atoms with E-state index in [-0.39, 0.29) is 38.4 Å². The van der Waals surface area contributed by atoms with Gasteiger partial charge in [0.25, 0.3) is 0 Å². The predicted molar refractivity (Wildman–Crippen MR) is 444 cm³/mol. The van der Waals surface area contributed by atoms with Crippen LogP contribution in [0.3, 0.4) is 0 Å². The SMILES string of the molecule is CC(C)Cc1cc(C(C)(C)C)c2op(OCCC(CCOp3oc4c(C(C)(C)C)cc(CC(C)C)cc4c4cc(CC(C)C)cc(C(C)(C)C)c4o3)CCOp3oc4c(C(C)(C)C)cc(CC(C)C)cc4c4cc(CC(C)C)cc(C(C)(C)C)c4o3)oc3c(C(C)(C)C)cc(CC(C)C)cc3c2c1. The Labute approximate surface area is 624 Å². The molecule has 103 heavy (non-hydrogen) atoms. The lowest BCUT2D eigenvalue weighted by molar-refractivity contribution is 0.246. The fourth-order valence-electron chi connectivity index (χ4n) is 14.8. The lowest BCUT2D eigenvalue weighted by Crippen LogP contribution is -2.14. The van der Waals surface area contributed by atoms with Gasteiger partial charge in [-0.05, 0) is 201 Å². The maximum Gasteiger partial charge on any atom is 0.387 e. The first-order valence-corrected chi connectivity index (χ1v) is 42.4. The third-order valence-corrected chi connectivity index (χ3v) is 22.8. The van der Waals surface area contributed by atoms with Crippen LogP contribution in [-0.4, -0.2) is 19.8 Å². The standard InChI is InChI=1S/C91H133O9P3/c1-55(2)37-62-43-68-69-44-63(38-56(3)4)50-75(87(16,17)18)81(69)96-101(95-80(68)74(49-62)86(13,14)15)92-34-31-61(32-35-93-102-97-82-70(45-64(39-57(5)6)51-76(82)88(19,20)21)71-46-65(40-58(7)8)52-77(83(71)98-102)89(22,23)24)33-36-94-103-99-84-72(47-66(41-59(9)10)53-78(84)90(25,26)27)73-48-67(42-60(11)12)54-79(85(73)100-103)91(28,29)30/h43-61H,31-42H2,1-30H3. The second kappa shape index (κ2) is 32.4. The molecule has 566 valence electrons. The van der Waals surface area contributed by atoms with E-state index < -0.39 is 24.7 Å². The second-order valence-electron chi connectivity index (χ2n) is 39.2. The average Bonchev–Trinajstić information content (AvgIpc) is 1.73. The molecule has 0 fully saturated rings. The fraction of sp³-hybridized carbons (Fsp3) is 0.604. The molecule has 0 N–H and O–H groups in total. The van der Waals surface area contributed by atoms with E-state index in [9.17, 15) is 0 Å². The smallest absolute Gasteiger partial charge is 0.387 e. The van der Waals surface area contributed by atoms with Gasteiger partial charge in [-0.2, -0.15) is 0 Å². The van der Waals surface area contributed by atoms with Crippen LogP contribution in [0.5, 0.6) is 0 Å². The highest BCUT2D eigenvalue weighted by atomic mass is 31.1. The van der Waals surface area contributed by atoms with Crippen molar-refractivity contribution in [2.45, 2.75) is 298 Å². The summed E-state index contributed by atoms with van der Waals surface area (Å²) in [5.41, 5.74) is 18.4. The third kappa shape index (κ3) is 20.8. The zero-order chi connectivity index (χ0) is 76.0. The highest BCUT2D eigenvalue weighted by molar-refractivity contribution is 7.32. The first kappa shape index (κ1) is 82.0. The number of benzene rings is 6. The summed E-state index contributed by atoms with van der Waals surface area (Å²) in [4.78, 5) is 0. The van der Waals surface area contributed by atoms with Gasteiger partial charge >= 0.3 is 24.7 Å². The van der Waals surface area contributed by atoms with Crippen molar-refractivity contribution in [3.8, 4) is 0 Å². The normalized spacial score (nSPS) is 13.4. The first-order valence-electron chi connectivity index (χ1n) is 39.1. The van der Waals surface area contributed by atoms with Crippen LogP contribution in [0.25, 0.3) is 65.8 Å². The van der Waals surface area contributed by atoms with E-state index >= 15 is 0 Å².